The third-order valence-electron chi connectivity index (χ3n) is 14.5. The molecule has 10 aromatic carbocycles. The molecule has 5 heterocycles. The van der Waals surface area contributed by atoms with Crippen molar-refractivity contribution in [2.45, 2.75) is 0 Å². The van der Waals surface area contributed by atoms with Gasteiger partial charge >= 0.3 is 0 Å². The normalized spacial score (nSPS) is 11.7. The summed E-state index contributed by atoms with van der Waals surface area (Å²) < 4.78 is 12.2. The largest absolute Gasteiger partial charge is 0.455 e. The topological polar surface area (TPSA) is 74.6 Å². The number of benzene rings is 10. The summed E-state index contributed by atoms with van der Waals surface area (Å²) in [6, 6.07) is 88.8. The van der Waals surface area contributed by atoms with Crippen LogP contribution in [0, 0.1) is 0 Å². The first-order chi connectivity index (χ1) is 37.2. The fourth-order valence-corrected chi connectivity index (χ4v) is 11.1. The fraction of sp³-hybridized carbons (Fsp3) is 0. The van der Waals surface area contributed by atoms with E-state index in [9.17, 15) is 0 Å². The summed E-state index contributed by atoms with van der Waals surface area (Å²) in [5.74, 6) is 1.30. The van der Waals surface area contributed by atoms with Gasteiger partial charge in [-0.3, -0.25) is 0 Å². The van der Waals surface area contributed by atoms with Crippen molar-refractivity contribution in [2.75, 3.05) is 0 Å². The fourth-order valence-electron chi connectivity index (χ4n) is 11.1. The smallest absolute Gasteiger partial charge is 0.160 e. The van der Waals surface area contributed by atoms with E-state index in [0.29, 0.717) is 11.6 Å². The van der Waals surface area contributed by atoms with E-state index in [0.717, 1.165) is 133 Å². The zero-order valence-electron chi connectivity index (χ0n) is 40.3. The highest BCUT2D eigenvalue weighted by Crippen LogP contribution is 2.46. The van der Waals surface area contributed by atoms with E-state index in [1.165, 1.54) is 0 Å². The van der Waals surface area contributed by atoms with Gasteiger partial charge in [-0.2, -0.15) is 0 Å². The molecule has 0 atom stereocenters. The minimum absolute atomic E-state index is 0.648. The van der Waals surface area contributed by atoms with Gasteiger partial charge in [0, 0.05) is 66.3 Å². The summed E-state index contributed by atoms with van der Waals surface area (Å²) in [6.07, 6.45) is 0. The van der Waals surface area contributed by atoms with Crippen LogP contribution in [-0.2, 0) is 0 Å². The molecule has 5 aromatic heterocycles. The molecule has 7 heteroatoms. The quantitative estimate of drug-likeness (QED) is 0.152. The summed E-state index contributed by atoms with van der Waals surface area (Å²) in [5.41, 5.74) is 17.3. The number of hydrogen-bond donors (Lipinski definition) is 0. The van der Waals surface area contributed by atoms with E-state index in [1.54, 1.807) is 0 Å². The Balaban J connectivity index is 0.997. The lowest BCUT2D eigenvalue weighted by molar-refractivity contribution is 0.677. The van der Waals surface area contributed by atoms with Gasteiger partial charge in [-0.05, 0) is 97.1 Å². The molecule has 15 rings (SSSR count). The molecule has 0 spiro atoms. The second-order valence-corrected chi connectivity index (χ2v) is 19.0. The summed E-state index contributed by atoms with van der Waals surface area (Å²) >= 11 is 0. The van der Waals surface area contributed by atoms with Gasteiger partial charge in [0.05, 0.1) is 55.6 Å². The third kappa shape index (κ3) is 7.05. The van der Waals surface area contributed by atoms with Crippen molar-refractivity contribution in [3.63, 3.8) is 0 Å². The third-order valence-corrected chi connectivity index (χ3v) is 14.5. The number of nitrogens with zero attached hydrogens (tertiary/aromatic N) is 6. The Bertz CT molecular complexity index is 4250. The zero-order valence-corrected chi connectivity index (χ0v) is 40.3. The Kier molecular flexibility index (Phi) is 9.75. The van der Waals surface area contributed by atoms with Gasteiger partial charge in [-0.15, -0.1) is 0 Å². The van der Waals surface area contributed by atoms with Crippen molar-refractivity contribution in [2.24, 2.45) is 0 Å². The maximum atomic E-state index is 7.50. The Morgan fingerprint density at radius 1 is 0.253 bits per heavy atom. The molecule has 0 fully saturated rings. The summed E-state index contributed by atoms with van der Waals surface area (Å²) in [7, 11) is 0. The number of fused-ring (bicyclic) bond motifs is 11. The van der Waals surface area contributed by atoms with E-state index in [1.807, 2.05) is 24.3 Å². The molecule has 0 aliphatic rings. The van der Waals surface area contributed by atoms with Crippen molar-refractivity contribution in [3.05, 3.63) is 255 Å². The highest BCUT2D eigenvalue weighted by molar-refractivity contribution is 6.29. The van der Waals surface area contributed by atoms with Gasteiger partial charge in [0.15, 0.2) is 11.6 Å². The molecule has 0 amide bonds. The SMILES string of the molecule is c1ccc(-c2cc(-c3ccccc3)nc(-c3ccc4c(c3)c3c5oc6c(ccc7c6c6cc(-c8nc(-c9ccccc9)cc(-c9ccccc9)n8)ccc6n7-c6ccccc6)c5ccc3n4-c3ccccc3)n2)cc1. The number of hydrogen-bond acceptors (Lipinski definition) is 5. The number of para-hydroxylation sites is 2. The molecule has 350 valence electrons. The van der Waals surface area contributed by atoms with E-state index in [2.05, 4.69) is 240 Å². The monoisotopic (exact) mass is 958 g/mol. The lowest BCUT2D eigenvalue weighted by Gasteiger charge is -2.10. The van der Waals surface area contributed by atoms with Gasteiger partial charge in [-0.25, -0.2) is 19.9 Å². The minimum Gasteiger partial charge on any atom is -0.455 e. The minimum atomic E-state index is 0.648. The van der Waals surface area contributed by atoms with Crippen LogP contribution < -0.4 is 0 Å². The molecule has 7 nitrogen and oxygen atoms in total. The summed E-state index contributed by atoms with van der Waals surface area (Å²) in [6.45, 7) is 0. The van der Waals surface area contributed by atoms with Crippen molar-refractivity contribution in [1.29, 1.82) is 0 Å². The van der Waals surface area contributed by atoms with E-state index < -0.39 is 0 Å². The van der Waals surface area contributed by atoms with Gasteiger partial charge < -0.3 is 13.6 Å². The van der Waals surface area contributed by atoms with Gasteiger partial charge in [0.2, 0.25) is 0 Å². The molecule has 0 aliphatic carbocycles. The average molecular weight is 959 g/mol. The Hall–Kier alpha value is -10.2. The lowest BCUT2D eigenvalue weighted by Crippen LogP contribution is -1.96. The Morgan fingerprint density at radius 2 is 0.560 bits per heavy atom. The first-order valence-electron chi connectivity index (χ1n) is 25.2. The Labute approximate surface area is 430 Å². The van der Waals surface area contributed by atoms with Crippen LogP contribution in [0.3, 0.4) is 0 Å². The van der Waals surface area contributed by atoms with Crippen LogP contribution in [-0.4, -0.2) is 29.1 Å². The number of rotatable bonds is 8. The molecule has 0 bridgehead atoms. The summed E-state index contributed by atoms with van der Waals surface area (Å²) in [5, 5.41) is 6.20. The number of furan rings is 1. The van der Waals surface area contributed by atoms with Gasteiger partial charge in [-0.1, -0.05) is 158 Å². The number of aromatic nitrogens is 6. The highest BCUT2D eigenvalue weighted by atomic mass is 16.3. The van der Waals surface area contributed by atoms with Crippen LogP contribution in [0.2, 0.25) is 0 Å². The highest BCUT2D eigenvalue weighted by Gasteiger charge is 2.24. The molecule has 0 aliphatic heterocycles. The van der Waals surface area contributed by atoms with Crippen molar-refractivity contribution >= 4 is 65.6 Å². The first kappa shape index (κ1) is 42.4. The van der Waals surface area contributed by atoms with Crippen LogP contribution in [0.25, 0.3) is 145 Å². The summed E-state index contributed by atoms with van der Waals surface area (Å²) in [4.78, 5) is 21.0. The molecular weight excluding hydrogens is 917 g/mol. The second-order valence-electron chi connectivity index (χ2n) is 19.0. The van der Waals surface area contributed by atoms with Crippen LogP contribution in [0.15, 0.2) is 259 Å². The lowest BCUT2D eigenvalue weighted by atomic mass is 10.0. The van der Waals surface area contributed by atoms with Crippen molar-refractivity contribution < 1.29 is 4.42 Å². The van der Waals surface area contributed by atoms with Crippen molar-refractivity contribution in [1.82, 2.24) is 29.1 Å². The molecule has 0 radical (unpaired) electrons. The van der Waals surface area contributed by atoms with Crippen LogP contribution >= 0.6 is 0 Å². The van der Waals surface area contributed by atoms with Gasteiger partial charge in [0.1, 0.15) is 11.2 Å². The maximum absolute atomic E-state index is 7.50. The maximum Gasteiger partial charge on any atom is 0.160 e. The zero-order chi connectivity index (χ0) is 49.4. The second kappa shape index (κ2) is 17.2. The molecule has 0 saturated heterocycles. The standard InChI is InChI=1S/C68H42N6O/c1-7-19-43(20-8-1)55-41-56(44-21-9-2-10-22-44)70-67(69-55)47-31-35-59-53(39-47)63-61(73(59)49-27-15-5-16-28-49)37-33-51-52-34-38-62-64(66(52)75-65(51)63)54-40-48(32-36-60(54)74(62)50-29-17-6-18-30-50)68-71-57(45-23-11-3-12-24-45)42-58(72-68)46-25-13-4-14-26-46/h1-42H. The average Bonchev–Trinajstić information content (AvgIpc) is 4.26. The Morgan fingerprint density at radius 3 is 0.893 bits per heavy atom. The molecule has 0 N–H and O–H groups in total. The molecular formula is C68H42N6O. The predicted octanol–water partition coefficient (Wildman–Crippen LogP) is 17.4. The molecule has 75 heavy (non-hydrogen) atoms. The first-order valence-corrected chi connectivity index (χ1v) is 25.2. The molecule has 0 saturated carbocycles. The predicted molar refractivity (Wildman–Crippen MR) is 306 cm³/mol. The van der Waals surface area contributed by atoms with Crippen LogP contribution in [0.1, 0.15) is 0 Å². The van der Waals surface area contributed by atoms with E-state index in [4.69, 9.17) is 24.4 Å². The van der Waals surface area contributed by atoms with Crippen LogP contribution in [0.5, 0.6) is 0 Å². The van der Waals surface area contributed by atoms with Gasteiger partial charge in [0.25, 0.3) is 0 Å². The van der Waals surface area contributed by atoms with E-state index >= 15 is 0 Å². The van der Waals surface area contributed by atoms with Crippen molar-refractivity contribution in [3.8, 4) is 79.2 Å². The molecule has 15 aromatic rings. The molecule has 0 unspecified atom stereocenters. The van der Waals surface area contributed by atoms with E-state index in [-0.39, 0.29) is 0 Å². The van der Waals surface area contributed by atoms with Crippen LogP contribution in [0.4, 0.5) is 0 Å².